The van der Waals surface area contributed by atoms with E-state index in [4.69, 9.17) is 4.98 Å². The van der Waals surface area contributed by atoms with Gasteiger partial charge in [-0.3, -0.25) is 9.59 Å². The van der Waals surface area contributed by atoms with Gasteiger partial charge in [0, 0.05) is 32.0 Å². The molecule has 9 heteroatoms. The number of hydrogen-bond donors (Lipinski definition) is 3. The molecule has 1 aromatic heterocycles. The molecule has 0 aliphatic rings. The molecule has 0 saturated heterocycles. The molecular formula is C37H29N3O4S2. The lowest BCUT2D eigenvalue weighted by molar-refractivity contribution is -0.115. The van der Waals surface area contributed by atoms with Crippen LogP contribution in [0.2, 0.25) is 0 Å². The number of nitrogens with one attached hydrogen (secondary N) is 2. The normalized spacial score (nSPS) is 11.6. The van der Waals surface area contributed by atoms with E-state index in [1.165, 1.54) is 34.7 Å². The van der Waals surface area contributed by atoms with Crippen LogP contribution in [0, 0.1) is 13.8 Å². The van der Waals surface area contributed by atoms with Crippen LogP contribution in [0.4, 0.5) is 10.8 Å². The number of carbonyl (C=O) groups is 3. The summed E-state index contributed by atoms with van der Waals surface area (Å²) in [4.78, 5) is 45.4. The zero-order valence-electron chi connectivity index (χ0n) is 25.0. The van der Waals surface area contributed by atoms with Crippen molar-refractivity contribution in [3.05, 3.63) is 142 Å². The smallest absolute Gasteiger partial charge is 0.336 e. The number of fused-ring (bicyclic) bond motifs is 1. The van der Waals surface area contributed by atoms with Crippen molar-refractivity contribution in [1.29, 1.82) is 0 Å². The van der Waals surface area contributed by atoms with Crippen LogP contribution in [-0.4, -0.2) is 27.9 Å². The van der Waals surface area contributed by atoms with Crippen molar-refractivity contribution in [1.82, 2.24) is 4.98 Å². The lowest BCUT2D eigenvalue weighted by Crippen LogP contribution is -2.19. The highest BCUT2D eigenvalue weighted by atomic mass is 32.2. The lowest BCUT2D eigenvalue weighted by Gasteiger charge is -2.16. The van der Waals surface area contributed by atoms with Crippen LogP contribution >= 0.6 is 23.1 Å². The minimum absolute atomic E-state index is 0.0690. The second kappa shape index (κ2) is 13.4. The highest BCUT2D eigenvalue weighted by Gasteiger charge is 2.24. The van der Waals surface area contributed by atoms with Crippen LogP contribution in [0.25, 0.3) is 22.0 Å². The third-order valence-electron chi connectivity index (χ3n) is 7.44. The van der Waals surface area contributed by atoms with E-state index in [1.807, 2.05) is 80.6 Å². The Kier molecular flexibility index (Phi) is 8.96. The van der Waals surface area contributed by atoms with Gasteiger partial charge in [0.05, 0.1) is 11.3 Å². The van der Waals surface area contributed by atoms with Gasteiger partial charge in [0.25, 0.3) is 5.91 Å². The van der Waals surface area contributed by atoms with E-state index in [2.05, 4.69) is 10.6 Å². The van der Waals surface area contributed by atoms with Crippen molar-refractivity contribution < 1.29 is 19.5 Å². The quantitative estimate of drug-likeness (QED) is 0.136. The predicted octanol–water partition coefficient (Wildman–Crippen LogP) is 9.00. The number of amides is 2. The van der Waals surface area contributed by atoms with E-state index in [0.29, 0.717) is 21.6 Å². The molecule has 3 N–H and O–H groups in total. The third-order valence-corrected chi connectivity index (χ3v) is 9.59. The van der Waals surface area contributed by atoms with Crippen LogP contribution in [0.5, 0.6) is 0 Å². The number of aromatic nitrogens is 1. The van der Waals surface area contributed by atoms with Crippen molar-refractivity contribution in [2.45, 2.75) is 24.0 Å². The number of aryl methyl sites for hydroxylation is 2. The maximum Gasteiger partial charge on any atom is 0.336 e. The molecule has 0 fully saturated rings. The van der Waals surface area contributed by atoms with Crippen molar-refractivity contribution in [2.75, 3.05) is 10.6 Å². The number of carboxylic acids is 1. The Labute approximate surface area is 274 Å². The maximum absolute atomic E-state index is 13.7. The molecule has 0 aliphatic heterocycles. The van der Waals surface area contributed by atoms with E-state index in [0.717, 1.165) is 26.6 Å². The number of carboxylic acid groups (broad SMARTS) is 1. The Morgan fingerprint density at radius 1 is 0.761 bits per heavy atom. The molecule has 0 saturated carbocycles. The van der Waals surface area contributed by atoms with Gasteiger partial charge in [0.1, 0.15) is 5.25 Å². The molecule has 0 radical (unpaired) electrons. The summed E-state index contributed by atoms with van der Waals surface area (Å²) in [7, 11) is 0. The summed E-state index contributed by atoms with van der Waals surface area (Å²) in [5.41, 5.74) is 4.76. The summed E-state index contributed by atoms with van der Waals surface area (Å²) in [5, 5.41) is 16.6. The van der Waals surface area contributed by atoms with Crippen LogP contribution in [0.1, 0.15) is 42.0 Å². The predicted molar refractivity (Wildman–Crippen MR) is 186 cm³/mol. The zero-order chi connectivity index (χ0) is 32.2. The Balaban J connectivity index is 1.20. The maximum atomic E-state index is 13.7. The SMILES string of the molecule is Cc1ccc(-c2nc(NC(=O)C(Sc3ccc(NC(=O)c4cccc5cccc(C(=O)O)c45)cc3)c3ccccc3)sc2C)cc1. The number of nitrogens with zero attached hydrogens (tertiary/aromatic N) is 1. The van der Waals surface area contributed by atoms with Gasteiger partial charge >= 0.3 is 5.97 Å². The summed E-state index contributed by atoms with van der Waals surface area (Å²) in [6.07, 6.45) is 0. The fraction of sp³-hybridized carbons (Fsp3) is 0.0811. The van der Waals surface area contributed by atoms with Crippen molar-refractivity contribution in [3.8, 4) is 11.3 Å². The van der Waals surface area contributed by atoms with Crippen molar-refractivity contribution in [2.24, 2.45) is 0 Å². The molecule has 1 atom stereocenters. The molecule has 46 heavy (non-hydrogen) atoms. The Morgan fingerprint density at radius 3 is 2.11 bits per heavy atom. The Bertz CT molecular complexity index is 2050. The van der Waals surface area contributed by atoms with Crippen molar-refractivity contribution in [3.63, 3.8) is 0 Å². The van der Waals surface area contributed by atoms with Gasteiger partial charge in [0.15, 0.2) is 5.13 Å². The standard InChI is InChI=1S/C37H29N3O4S2/c1-22-14-16-25(17-15-22)32-23(2)45-37(39-32)40-35(42)33(26-8-4-3-5-9-26)46-28-20-18-27(19-21-28)38-34(41)29-12-6-10-24-11-7-13-30(31(24)29)36(43)44/h3-21,33H,1-2H3,(H,38,41)(H,43,44)(H,39,40,42). The topological polar surface area (TPSA) is 108 Å². The highest BCUT2D eigenvalue weighted by molar-refractivity contribution is 8.00. The first-order valence-corrected chi connectivity index (χ1v) is 16.2. The van der Waals surface area contributed by atoms with Gasteiger partial charge < -0.3 is 15.7 Å². The fourth-order valence-corrected chi connectivity index (χ4v) is 7.02. The molecule has 1 heterocycles. The largest absolute Gasteiger partial charge is 0.478 e. The van der Waals surface area contributed by atoms with Gasteiger partial charge in [-0.2, -0.15) is 0 Å². The zero-order valence-corrected chi connectivity index (χ0v) is 26.6. The summed E-state index contributed by atoms with van der Waals surface area (Å²) in [6, 6.07) is 35.0. The van der Waals surface area contributed by atoms with E-state index in [9.17, 15) is 19.5 Å². The summed E-state index contributed by atoms with van der Waals surface area (Å²) < 4.78 is 0. The number of aromatic carboxylic acids is 1. The number of carbonyl (C=O) groups excluding carboxylic acids is 2. The molecule has 1 unspecified atom stereocenters. The molecule has 5 aromatic carbocycles. The number of anilines is 2. The average Bonchev–Trinajstić information content (AvgIpc) is 3.43. The molecular weight excluding hydrogens is 615 g/mol. The summed E-state index contributed by atoms with van der Waals surface area (Å²) in [6.45, 7) is 4.04. The van der Waals surface area contributed by atoms with Gasteiger partial charge in [-0.15, -0.1) is 23.1 Å². The molecule has 6 aromatic rings. The Hall–Kier alpha value is -5.25. The fourth-order valence-electron chi connectivity index (χ4n) is 5.16. The second-order valence-electron chi connectivity index (χ2n) is 10.7. The van der Waals surface area contributed by atoms with Crippen molar-refractivity contribution >= 4 is 62.5 Å². The first kappa shape index (κ1) is 30.8. The van der Waals surface area contributed by atoms with E-state index in [-0.39, 0.29) is 17.0 Å². The minimum Gasteiger partial charge on any atom is -0.478 e. The van der Waals surface area contributed by atoms with Crippen LogP contribution in [0.3, 0.4) is 0 Å². The first-order valence-electron chi connectivity index (χ1n) is 14.5. The minimum atomic E-state index is -1.10. The van der Waals surface area contributed by atoms with Crippen LogP contribution < -0.4 is 10.6 Å². The molecule has 0 bridgehead atoms. The number of thiazole rings is 1. The summed E-state index contributed by atoms with van der Waals surface area (Å²) >= 11 is 2.84. The van der Waals surface area contributed by atoms with Gasteiger partial charge in [-0.1, -0.05) is 84.4 Å². The molecule has 2 amide bonds. The van der Waals surface area contributed by atoms with Gasteiger partial charge in [-0.05, 0) is 61.2 Å². The van der Waals surface area contributed by atoms with Gasteiger partial charge in [0.2, 0.25) is 5.91 Å². The third kappa shape index (κ3) is 6.71. The van der Waals surface area contributed by atoms with Gasteiger partial charge in [-0.25, -0.2) is 9.78 Å². The summed E-state index contributed by atoms with van der Waals surface area (Å²) in [5.74, 6) is -1.70. The molecule has 6 rings (SSSR count). The molecule has 0 aliphatic carbocycles. The number of hydrogen-bond acceptors (Lipinski definition) is 6. The average molecular weight is 644 g/mol. The number of benzene rings is 5. The van der Waals surface area contributed by atoms with E-state index >= 15 is 0 Å². The second-order valence-corrected chi connectivity index (χ2v) is 13.1. The van der Waals surface area contributed by atoms with E-state index in [1.54, 1.807) is 42.5 Å². The number of rotatable bonds is 9. The van der Waals surface area contributed by atoms with Crippen LogP contribution in [-0.2, 0) is 4.79 Å². The highest BCUT2D eigenvalue weighted by Crippen LogP contribution is 2.38. The number of thioether (sulfide) groups is 1. The first-order chi connectivity index (χ1) is 22.3. The molecule has 7 nitrogen and oxygen atoms in total. The lowest BCUT2D eigenvalue weighted by atomic mass is 9.98. The van der Waals surface area contributed by atoms with E-state index < -0.39 is 17.1 Å². The molecule has 0 spiro atoms. The molecule has 228 valence electrons. The van der Waals surface area contributed by atoms with Crippen LogP contribution in [0.15, 0.2) is 120 Å². The monoisotopic (exact) mass is 643 g/mol. The Morgan fingerprint density at radius 2 is 1.43 bits per heavy atom.